The standard InChI is InChI=1S/C17H23N3O2.2C2HF3O2/c1-2-10-20-11-8-15-14(20)6-7-16(22-15)17(21)19-12-13-5-3-4-9-18-13;2*3-2(4,5)1(6)7/h2-5,9,14-16H,1,6-8,10-12H2,(H,19,21);2*(H,6,7)/t14-,15-,16+;;/m1../s1. The van der Waals surface area contributed by atoms with Crippen molar-refractivity contribution in [1.29, 1.82) is 0 Å². The highest BCUT2D eigenvalue weighted by molar-refractivity contribution is 5.80. The van der Waals surface area contributed by atoms with Gasteiger partial charge in [-0.2, -0.15) is 26.3 Å². The van der Waals surface area contributed by atoms with Gasteiger partial charge in [0, 0.05) is 25.3 Å². The van der Waals surface area contributed by atoms with Crippen molar-refractivity contribution in [3.8, 4) is 0 Å². The highest BCUT2D eigenvalue weighted by atomic mass is 19.4. The molecule has 1 aromatic rings. The van der Waals surface area contributed by atoms with Crippen LogP contribution in [0.1, 0.15) is 25.0 Å². The molecule has 0 radical (unpaired) electrons. The number of amides is 1. The summed E-state index contributed by atoms with van der Waals surface area (Å²) in [4.78, 5) is 36.7. The van der Waals surface area contributed by atoms with E-state index < -0.39 is 24.3 Å². The smallest absolute Gasteiger partial charge is 0.475 e. The summed E-state index contributed by atoms with van der Waals surface area (Å²) in [5.41, 5.74) is 0.863. The quantitative estimate of drug-likeness (QED) is 0.393. The van der Waals surface area contributed by atoms with Crippen molar-refractivity contribution >= 4 is 17.8 Å². The number of rotatable bonds is 5. The molecular weight excluding hydrogens is 504 g/mol. The maximum atomic E-state index is 12.3. The van der Waals surface area contributed by atoms with Crippen LogP contribution >= 0.6 is 0 Å². The predicted molar refractivity (Wildman–Crippen MR) is 112 cm³/mol. The van der Waals surface area contributed by atoms with E-state index in [2.05, 4.69) is 21.8 Å². The fourth-order valence-corrected chi connectivity index (χ4v) is 3.39. The van der Waals surface area contributed by atoms with Crippen molar-refractivity contribution in [3.63, 3.8) is 0 Å². The number of ether oxygens (including phenoxy) is 1. The molecule has 0 unspecified atom stereocenters. The highest BCUT2D eigenvalue weighted by Crippen LogP contribution is 2.31. The topological polar surface area (TPSA) is 129 Å². The van der Waals surface area contributed by atoms with E-state index in [9.17, 15) is 31.1 Å². The molecule has 1 amide bonds. The van der Waals surface area contributed by atoms with Crippen molar-refractivity contribution in [2.45, 2.75) is 56.4 Å². The third kappa shape index (κ3) is 10.6. The van der Waals surface area contributed by atoms with Gasteiger partial charge in [0.25, 0.3) is 0 Å². The number of halogens is 6. The second-order valence-electron chi connectivity index (χ2n) is 7.52. The van der Waals surface area contributed by atoms with Crippen LogP contribution in [0.3, 0.4) is 0 Å². The molecule has 3 rings (SSSR count). The first-order valence-corrected chi connectivity index (χ1v) is 10.4. The lowest BCUT2D eigenvalue weighted by Gasteiger charge is -2.35. The molecule has 202 valence electrons. The average molecular weight is 529 g/mol. The second kappa shape index (κ2) is 13.8. The van der Waals surface area contributed by atoms with Gasteiger partial charge in [0.05, 0.1) is 18.3 Å². The number of nitrogens with one attached hydrogen (secondary N) is 1. The van der Waals surface area contributed by atoms with E-state index in [1.807, 2.05) is 24.3 Å². The summed E-state index contributed by atoms with van der Waals surface area (Å²) in [7, 11) is 0. The number of aliphatic carboxylic acids is 2. The van der Waals surface area contributed by atoms with Crippen LogP contribution in [0.4, 0.5) is 26.3 Å². The Morgan fingerprint density at radius 2 is 1.67 bits per heavy atom. The number of hydrogen-bond acceptors (Lipinski definition) is 6. The Morgan fingerprint density at radius 1 is 1.08 bits per heavy atom. The monoisotopic (exact) mass is 529 g/mol. The summed E-state index contributed by atoms with van der Waals surface area (Å²) in [5, 5.41) is 17.2. The lowest BCUT2D eigenvalue weighted by molar-refractivity contribution is -0.193. The first-order valence-electron chi connectivity index (χ1n) is 10.4. The Hall–Kier alpha value is -3.20. The number of likely N-dealkylation sites (tertiary alicyclic amines) is 1. The van der Waals surface area contributed by atoms with Crippen LogP contribution in [0.5, 0.6) is 0 Å². The molecular formula is C21H25F6N3O6. The fourth-order valence-electron chi connectivity index (χ4n) is 3.39. The number of aromatic nitrogens is 1. The van der Waals surface area contributed by atoms with E-state index in [0.717, 1.165) is 38.0 Å². The van der Waals surface area contributed by atoms with Gasteiger partial charge in [-0.25, -0.2) is 9.59 Å². The summed E-state index contributed by atoms with van der Waals surface area (Å²) in [6.45, 7) is 6.20. The molecule has 3 N–H and O–H groups in total. The van der Waals surface area contributed by atoms with Gasteiger partial charge in [0.2, 0.25) is 5.91 Å². The van der Waals surface area contributed by atoms with Crippen molar-refractivity contribution < 1.29 is 55.7 Å². The van der Waals surface area contributed by atoms with Gasteiger partial charge >= 0.3 is 24.3 Å². The predicted octanol–water partition coefficient (Wildman–Crippen LogP) is 2.77. The zero-order valence-electron chi connectivity index (χ0n) is 18.8. The molecule has 0 aliphatic carbocycles. The van der Waals surface area contributed by atoms with E-state index in [4.69, 9.17) is 24.5 Å². The third-order valence-electron chi connectivity index (χ3n) is 4.97. The van der Waals surface area contributed by atoms with Crippen molar-refractivity contribution in [1.82, 2.24) is 15.2 Å². The number of hydrogen-bond donors (Lipinski definition) is 3. The normalized spacial score (nSPS) is 21.6. The number of carboxylic acids is 2. The molecule has 3 heterocycles. The lowest BCUT2D eigenvalue weighted by Crippen LogP contribution is -2.47. The van der Waals surface area contributed by atoms with Gasteiger partial charge in [-0.05, 0) is 31.4 Å². The van der Waals surface area contributed by atoms with Crippen molar-refractivity contribution in [3.05, 3.63) is 42.7 Å². The summed E-state index contributed by atoms with van der Waals surface area (Å²) in [6, 6.07) is 6.13. The molecule has 2 aliphatic heterocycles. The fraction of sp³-hybridized carbons (Fsp3) is 0.524. The first kappa shape index (κ1) is 30.8. The Labute approximate surface area is 201 Å². The molecule has 0 spiro atoms. The molecule has 0 aromatic carbocycles. The number of carbonyl (C=O) groups is 3. The van der Waals surface area contributed by atoms with E-state index in [0.29, 0.717) is 12.6 Å². The van der Waals surface area contributed by atoms with Crippen LogP contribution in [0, 0.1) is 0 Å². The van der Waals surface area contributed by atoms with Crippen LogP contribution in [-0.2, 0) is 25.7 Å². The van der Waals surface area contributed by atoms with Crippen LogP contribution in [0.15, 0.2) is 37.1 Å². The summed E-state index contributed by atoms with van der Waals surface area (Å²) < 4.78 is 69.5. The maximum Gasteiger partial charge on any atom is 0.490 e. The van der Waals surface area contributed by atoms with E-state index in [1.165, 1.54) is 0 Å². The molecule has 0 saturated carbocycles. The van der Waals surface area contributed by atoms with Gasteiger partial charge in [0.15, 0.2) is 0 Å². The van der Waals surface area contributed by atoms with E-state index >= 15 is 0 Å². The summed E-state index contributed by atoms with van der Waals surface area (Å²) >= 11 is 0. The average Bonchev–Trinajstić information content (AvgIpc) is 3.20. The zero-order chi connectivity index (χ0) is 27.5. The molecule has 9 nitrogen and oxygen atoms in total. The Morgan fingerprint density at radius 3 is 2.14 bits per heavy atom. The molecule has 0 bridgehead atoms. The molecule has 2 fully saturated rings. The Bertz CT molecular complexity index is 857. The molecule has 1 aromatic heterocycles. The summed E-state index contributed by atoms with van der Waals surface area (Å²) in [5.74, 6) is -5.54. The third-order valence-corrected chi connectivity index (χ3v) is 4.97. The minimum Gasteiger partial charge on any atom is -0.475 e. The number of alkyl halides is 6. The van der Waals surface area contributed by atoms with Crippen LogP contribution < -0.4 is 5.32 Å². The number of nitrogens with zero attached hydrogens (tertiary/aromatic N) is 2. The van der Waals surface area contributed by atoms with Gasteiger partial charge < -0.3 is 20.3 Å². The molecule has 15 heteroatoms. The lowest BCUT2D eigenvalue weighted by atomic mass is 9.98. The van der Waals surface area contributed by atoms with Crippen molar-refractivity contribution in [2.24, 2.45) is 0 Å². The molecule has 2 aliphatic rings. The van der Waals surface area contributed by atoms with Crippen LogP contribution in [-0.4, -0.2) is 81.6 Å². The molecule has 2 saturated heterocycles. The van der Waals surface area contributed by atoms with E-state index in [-0.39, 0.29) is 18.1 Å². The van der Waals surface area contributed by atoms with Crippen molar-refractivity contribution in [2.75, 3.05) is 13.1 Å². The number of carboxylic acid groups (broad SMARTS) is 2. The SMILES string of the molecule is C=CCN1CC[C@H]2O[C@H](C(=O)NCc3ccccn3)CC[C@H]21.O=C(O)C(F)(F)F.O=C(O)C(F)(F)F. The van der Waals surface area contributed by atoms with Crippen LogP contribution in [0.25, 0.3) is 0 Å². The van der Waals surface area contributed by atoms with Gasteiger partial charge in [-0.15, -0.1) is 6.58 Å². The van der Waals surface area contributed by atoms with Gasteiger partial charge in [-0.3, -0.25) is 14.7 Å². The van der Waals surface area contributed by atoms with Crippen LogP contribution in [0.2, 0.25) is 0 Å². The van der Waals surface area contributed by atoms with Gasteiger partial charge in [-0.1, -0.05) is 12.1 Å². The minimum absolute atomic E-state index is 0.0220. The first-order chi connectivity index (χ1) is 16.7. The largest absolute Gasteiger partial charge is 0.490 e. The number of fused-ring (bicyclic) bond motifs is 1. The van der Waals surface area contributed by atoms with Gasteiger partial charge in [0.1, 0.15) is 6.10 Å². The number of pyridine rings is 1. The number of carbonyl (C=O) groups excluding carboxylic acids is 1. The zero-order valence-corrected chi connectivity index (χ0v) is 18.8. The Balaban J connectivity index is 0.000000383. The van der Waals surface area contributed by atoms with E-state index in [1.54, 1.807) is 6.20 Å². The molecule has 3 atom stereocenters. The highest BCUT2D eigenvalue weighted by Gasteiger charge is 2.41. The Kier molecular flexibility index (Phi) is 11.8. The minimum atomic E-state index is -5.08. The summed E-state index contributed by atoms with van der Waals surface area (Å²) in [6.07, 6.45) is -3.84. The second-order valence-corrected chi connectivity index (χ2v) is 7.52. The molecule has 36 heavy (non-hydrogen) atoms. The maximum absolute atomic E-state index is 12.3.